The Morgan fingerprint density at radius 2 is 1.41 bits per heavy atom. The summed E-state index contributed by atoms with van der Waals surface area (Å²) in [4.78, 5) is 9.35. The van der Waals surface area contributed by atoms with Crippen LogP contribution in [0.2, 0.25) is 0 Å². The van der Waals surface area contributed by atoms with Crippen molar-refractivity contribution < 1.29 is 18.8 Å². The van der Waals surface area contributed by atoms with Crippen LogP contribution in [0.4, 0.5) is 14.6 Å². The molecule has 0 spiro atoms. The first-order valence-corrected chi connectivity index (χ1v) is 11.9. The maximum absolute atomic E-state index is 13.5. The topological polar surface area (TPSA) is 94.7 Å². The predicted octanol–water partition coefficient (Wildman–Crippen LogP) is 4.03. The molecule has 2 aromatic heterocycles. The second-order valence-electron chi connectivity index (χ2n) is 8.83. The van der Waals surface area contributed by atoms with Crippen molar-refractivity contribution in [2.45, 2.75) is 6.54 Å². The van der Waals surface area contributed by atoms with Crippen LogP contribution in [-0.2, 0) is 6.54 Å². The maximum Gasteiger partial charge on any atom is 0.181 e. The zero-order valence-corrected chi connectivity index (χ0v) is 20.0. The fourth-order valence-corrected chi connectivity index (χ4v) is 4.55. The van der Waals surface area contributed by atoms with Crippen LogP contribution in [0.25, 0.3) is 33.7 Å². The van der Waals surface area contributed by atoms with E-state index in [1.807, 2.05) is 28.9 Å². The smallest absolute Gasteiger partial charge is 0.181 e. The highest BCUT2D eigenvalue weighted by Gasteiger charge is 2.22. The number of anilines is 1. The molecule has 6 rings (SSSR count). The van der Waals surface area contributed by atoms with Gasteiger partial charge in [-0.25, -0.2) is 18.4 Å². The van der Waals surface area contributed by atoms with Crippen molar-refractivity contribution in [1.29, 1.82) is 0 Å². The minimum atomic E-state index is -0.310. The van der Waals surface area contributed by atoms with Crippen LogP contribution in [0.3, 0.4) is 0 Å². The Hall–Kier alpha value is -4.15. The van der Waals surface area contributed by atoms with Crippen molar-refractivity contribution >= 4 is 16.8 Å². The predicted molar refractivity (Wildman–Crippen MR) is 137 cm³/mol. The van der Waals surface area contributed by atoms with Crippen molar-refractivity contribution in [3.8, 4) is 22.8 Å². The molecule has 0 unspecified atom stereocenters. The summed E-state index contributed by atoms with van der Waals surface area (Å²) in [6, 6.07) is 20.3. The van der Waals surface area contributed by atoms with E-state index in [2.05, 4.69) is 15.0 Å². The zero-order valence-electron chi connectivity index (χ0n) is 20.0. The first kappa shape index (κ1) is 24.5. The molecule has 3 heterocycles. The van der Waals surface area contributed by atoms with Crippen LogP contribution in [0.1, 0.15) is 0 Å². The highest BCUT2D eigenvalue weighted by molar-refractivity contribution is 5.88. The van der Waals surface area contributed by atoms with E-state index < -0.39 is 0 Å². The Bertz CT molecular complexity index is 1480. The molecule has 190 valence electrons. The Morgan fingerprint density at radius 3 is 2.11 bits per heavy atom. The second kappa shape index (κ2) is 10.5. The molecule has 8 nitrogen and oxygen atoms in total. The van der Waals surface area contributed by atoms with Gasteiger partial charge in [-0.1, -0.05) is 17.3 Å². The average Bonchev–Trinajstić information content (AvgIpc) is 3.54. The van der Waals surface area contributed by atoms with Gasteiger partial charge >= 0.3 is 0 Å². The highest BCUT2D eigenvalue weighted by Crippen LogP contribution is 2.27. The Morgan fingerprint density at radius 1 is 0.757 bits per heavy atom. The molecule has 3 aromatic carbocycles. The number of nitrogens with zero attached hydrogens (tertiary/aromatic N) is 6. The largest absolute Gasteiger partial charge is 0.412 e. The summed E-state index contributed by atoms with van der Waals surface area (Å²) >= 11 is 0. The first-order chi connectivity index (χ1) is 17.6. The molecule has 1 fully saturated rings. The molecular weight excluding hydrogens is 478 g/mol. The number of fused-ring (bicyclic) bond motifs is 1. The monoisotopic (exact) mass is 504 g/mol. The minimum Gasteiger partial charge on any atom is -0.412 e. The maximum atomic E-state index is 13.5. The summed E-state index contributed by atoms with van der Waals surface area (Å²) in [7, 11) is 0. The Kier molecular flexibility index (Phi) is 6.93. The van der Waals surface area contributed by atoms with Gasteiger partial charge in [0.05, 0.1) is 11.9 Å². The van der Waals surface area contributed by atoms with E-state index in [0.717, 1.165) is 60.6 Å². The number of rotatable bonds is 6. The molecule has 1 saturated heterocycles. The fourth-order valence-electron chi connectivity index (χ4n) is 4.55. The van der Waals surface area contributed by atoms with Gasteiger partial charge in [0.15, 0.2) is 23.0 Å². The molecule has 0 amide bonds. The van der Waals surface area contributed by atoms with Gasteiger partial charge in [0, 0.05) is 43.9 Å². The summed E-state index contributed by atoms with van der Waals surface area (Å²) in [5.41, 5.74) is 2.30. The zero-order chi connectivity index (χ0) is 24.5. The van der Waals surface area contributed by atoms with E-state index in [-0.39, 0.29) is 17.1 Å². The molecule has 37 heavy (non-hydrogen) atoms. The van der Waals surface area contributed by atoms with E-state index in [4.69, 9.17) is 14.6 Å². The van der Waals surface area contributed by atoms with Crippen molar-refractivity contribution in [3.63, 3.8) is 0 Å². The lowest BCUT2D eigenvalue weighted by Gasteiger charge is -2.34. The van der Waals surface area contributed by atoms with E-state index >= 15 is 0 Å². The van der Waals surface area contributed by atoms with Crippen LogP contribution in [0.15, 0.2) is 77.3 Å². The second-order valence-corrected chi connectivity index (χ2v) is 8.83. The third kappa shape index (κ3) is 5.07. The molecule has 0 aliphatic carbocycles. The van der Waals surface area contributed by atoms with E-state index in [1.54, 1.807) is 24.3 Å². The van der Waals surface area contributed by atoms with Crippen LogP contribution in [0, 0.1) is 11.6 Å². The molecule has 0 bridgehead atoms. The summed E-state index contributed by atoms with van der Waals surface area (Å²) in [6.45, 7) is 4.86. The number of hydrogen-bond acceptors (Lipinski definition) is 6. The number of aromatic nitrogens is 4. The standard InChI is InChI=1S/C27H24F2N6O.H2O/c28-21-9-5-19(6-10-21)25-30-26(20-7-11-22(29)12-8-20)35(31-25)18-15-33-13-16-34(17-14-33)27-23-3-1-2-4-24(23)36-32-27;/h1-12H,13-18H2;1H2. The lowest BCUT2D eigenvalue weighted by molar-refractivity contribution is 0.244. The quantitative estimate of drug-likeness (QED) is 0.347. The molecule has 1 aliphatic heterocycles. The molecule has 10 heteroatoms. The third-order valence-electron chi connectivity index (χ3n) is 6.53. The lowest BCUT2D eigenvalue weighted by atomic mass is 10.2. The fraction of sp³-hybridized carbons (Fsp3) is 0.222. The van der Waals surface area contributed by atoms with Crippen LogP contribution >= 0.6 is 0 Å². The van der Waals surface area contributed by atoms with Gasteiger partial charge in [-0.15, -0.1) is 0 Å². The Balaban J connectivity index is 0.00000280. The number of benzene rings is 3. The molecule has 0 saturated carbocycles. The van der Waals surface area contributed by atoms with E-state index in [1.165, 1.54) is 24.3 Å². The van der Waals surface area contributed by atoms with Crippen molar-refractivity contribution in [2.24, 2.45) is 0 Å². The van der Waals surface area contributed by atoms with Gasteiger partial charge in [-0.3, -0.25) is 4.90 Å². The summed E-state index contributed by atoms with van der Waals surface area (Å²) in [5, 5.41) is 10.0. The van der Waals surface area contributed by atoms with E-state index in [9.17, 15) is 8.78 Å². The highest BCUT2D eigenvalue weighted by atomic mass is 19.1. The summed E-state index contributed by atoms with van der Waals surface area (Å²) in [5.74, 6) is 1.44. The van der Waals surface area contributed by atoms with Gasteiger partial charge in [0.25, 0.3) is 0 Å². The van der Waals surface area contributed by atoms with Gasteiger partial charge in [0.2, 0.25) is 0 Å². The van der Waals surface area contributed by atoms with Crippen LogP contribution < -0.4 is 4.90 Å². The summed E-state index contributed by atoms with van der Waals surface area (Å²) in [6.07, 6.45) is 0. The number of para-hydroxylation sites is 1. The van der Waals surface area contributed by atoms with Crippen molar-refractivity contribution in [2.75, 3.05) is 37.6 Å². The van der Waals surface area contributed by atoms with Gasteiger partial charge in [-0.2, -0.15) is 5.10 Å². The van der Waals surface area contributed by atoms with Crippen LogP contribution in [0.5, 0.6) is 0 Å². The minimum absolute atomic E-state index is 0. The molecule has 1 aliphatic rings. The van der Waals surface area contributed by atoms with Crippen molar-refractivity contribution in [1.82, 2.24) is 24.8 Å². The van der Waals surface area contributed by atoms with Gasteiger partial charge in [-0.05, 0) is 60.7 Å². The molecule has 5 aromatic rings. The lowest BCUT2D eigenvalue weighted by Crippen LogP contribution is -2.47. The molecular formula is C27H26F2N6O2. The average molecular weight is 505 g/mol. The van der Waals surface area contributed by atoms with Gasteiger partial charge in [0.1, 0.15) is 11.6 Å². The molecule has 0 atom stereocenters. The van der Waals surface area contributed by atoms with Crippen molar-refractivity contribution in [3.05, 3.63) is 84.4 Å². The Labute approximate surface area is 212 Å². The number of halogens is 2. The SMILES string of the molecule is Fc1ccc(-c2nc(-c3ccc(F)cc3)n(CCN3CCN(c4noc5ccccc45)CC3)n2)cc1.O. The third-order valence-corrected chi connectivity index (χ3v) is 6.53. The first-order valence-electron chi connectivity index (χ1n) is 11.9. The number of piperazine rings is 1. The van der Waals surface area contributed by atoms with Gasteiger partial charge < -0.3 is 14.9 Å². The summed E-state index contributed by atoms with van der Waals surface area (Å²) < 4.78 is 34.3. The molecule has 2 N–H and O–H groups in total. The normalized spacial score (nSPS) is 14.2. The van der Waals surface area contributed by atoms with Crippen LogP contribution in [-0.4, -0.2) is 63.0 Å². The number of hydrogen-bond donors (Lipinski definition) is 0. The van der Waals surface area contributed by atoms with E-state index in [0.29, 0.717) is 18.2 Å². The molecule has 0 radical (unpaired) electrons.